The SMILES string of the molecule is CCC(=O)NC(C)CN(c1ccc2ncc(-c3cnn(C)c3)cc2n1)c1c(F)c(OC)cc(OC)c1F. The Labute approximate surface area is 213 Å². The smallest absolute Gasteiger partial charge is 0.219 e. The number of nitrogens with zero attached hydrogens (tertiary/aromatic N) is 5. The van der Waals surface area contributed by atoms with E-state index in [1.165, 1.54) is 19.1 Å². The van der Waals surface area contributed by atoms with Gasteiger partial charge in [0.25, 0.3) is 0 Å². The van der Waals surface area contributed by atoms with Gasteiger partial charge in [-0.05, 0) is 25.1 Å². The zero-order valence-electron chi connectivity index (χ0n) is 21.2. The zero-order valence-corrected chi connectivity index (χ0v) is 21.2. The molecule has 11 heteroatoms. The van der Waals surface area contributed by atoms with Crippen molar-refractivity contribution in [3.8, 4) is 22.6 Å². The van der Waals surface area contributed by atoms with E-state index in [4.69, 9.17) is 14.5 Å². The molecule has 1 atom stereocenters. The van der Waals surface area contributed by atoms with Crippen molar-refractivity contribution in [1.82, 2.24) is 25.1 Å². The number of fused-ring (bicyclic) bond motifs is 1. The highest BCUT2D eigenvalue weighted by Gasteiger charge is 2.28. The Morgan fingerprint density at radius 3 is 2.38 bits per heavy atom. The van der Waals surface area contributed by atoms with E-state index in [1.54, 1.807) is 43.1 Å². The first-order valence-corrected chi connectivity index (χ1v) is 11.7. The van der Waals surface area contributed by atoms with Gasteiger partial charge in [0.1, 0.15) is 11.5 Å². The average Bonchev–Trinajstić information content (AvgIpc) is 3.33. The lowest BCUT2D eigenvalue weighted by atomic mass is 10.1. The predicted octanol–water partition coefficient (Wildman–Crippen LogP) is 4.38. The van der Waals surface area contributed by atoms with Crippen molar-refractivity contribution >= 4 is 28.4 Å². The number of ether oxygens (including phenoxy) is 2. The molecule has 0 saturated carbocycles. The number of nitrogens with one attached hydrogen (secondary N) is 1. The molecule has 3 aromatic heterocycles. The molecule has 0 saturated heterocycles. The molecule has 1 aromatic carbocycles. The van der Waals surface area contributed by atoms with Gasteiger partial charge in [-0.25, -0.2) is 13.8 Å². The molecule has 1 amide bonds. The third-order valence-electron chi connectivity index (χ3n) is 5.84. The number of carbonyl (C=O) groups is 1. The summed E-state index contributed by atoms with van der Waals surface area (Å²) in [7, 11) is 4.39. The Balaban J connectivity index is 1.86. The molecule has 1 unspecified atom stereocenters. The van der Waals surface area contributed by atoms with Crippen LogP contribution in [0.3, 0.4) is 0 Å². The van der Waals surface area contributed by atoms with Crippen LogP contribution in [0.1, 0.15) is 20.3 Å². The number of aromatic nitrogens is 4. The van der Waals surface area contributed by atoms with E-state index in [0.29, 0.717) is 11.0 Å². The number of pyridine rings is 2. The molecule has 0 spiro atoms. The molecule has 0 radical (unpaired) electrons. The molecular weight excluding hydrogens is 482 g/mol. The van der Waals surface area contributed by atoms with Gasteiger partial charge in [0.05, 0.1) is 31.4 Å². The van der Waals surface area contributed by atoms with Crippen LogP contribution >= 0.6 is 0 Å². The second-order valence-corrected chi connectivity index (χ2v) is 8.52. The molecule has 4 aromatic rings. The molecule has 194 valence electrons. The van der Waals surface area contributed by atoms with Crippen molar-refractivity contribution in [2.24, 2.45) is 7.05 Å². The minimum atomic E-state index is -0.918. The molecule has 0 bridgehead atoms. The zero-order chi connectivity index (χ0) is 26.7. The summed E-state index contributed by atoms with van der Waals surface area (Å²) in [4.78, 5) is 22.6. The van der Waals surface area contributed by atoms with Gasteiger partial charge >= 0.3 is 0 Å². The van der Waals surface area contributed by atoms with E-state index in [0.717, 1.165) is 17.2 Å². The van der Waals surface area contributed by atoms with Gasteiger partial charge in [-0.1, -0.05) is 6.92 Å². The maximum atomic E-state index is 15.6. The normalized spacial score (nSPS) is 11.9. The van der Waals surface area contributed by atoms with Gasteiger partial charge in [0.2, 0.25) is 5.91 Å². The predicted molar refractivity (Wildman–Crippen MR) is 136 cm³/mol. The van der Waals surface area contributed by atoms with E-state index in [1.807, 2.05) is 19.3 Å². The first-order valence-electron chi connectivity index (χ1n) is 11.7. The van der Waals surface area contributed by atoms with E-state index in [9.17, 15) is 4.79 Å². The molecular formula is C26H28F2N6O3. The van der Waals surface area contributed by atoms with Crippen LogP contribution in [0, 0.1) is 11.6 Å². The standard InChI is InChI=1S/C26H28F2N6O3/c1-6-23(35)31-15(2)13-34(26-24(27)20(36-4)10-21(37-5)25(26)28)22-8-7-18-19(32-22)9-16(11-29-18)17-12-30-33(3)14-17/h7-12,14-15H,6,13H2,1-5H3,(H,31,35). The molecule has 3 heterocycles. The average molecular weight is 511 g/mol. The maximum absolute atomic E-state index is 15.6. The lowest BCUT2D eigenvalue weighted by Crippen LogP contribution is -2.41. The number of hydrogen-bond donors (Lipinski definition) is 1. The van der Waals surface area contributed by atoms with Crippen molar-refractivity contribution < 1.29 is 23.0 Å². The second kappa shape index (κ2) is 10.8. The van der Waals surface area contributed by atoms with Crippen molar-refractivity contribution in [2.45, 2.75) is 26.3 Å². The lowest BCUT2D eigenvalue weighted by molar-refractivity contribution is -0.121. The largest absolute Gasteiger partial charge is 0.493 e. The topological polar surface area (TPSA) is 94.4 Å². The first-order chi connectivity index (χ1) is 17.7. The third kappa shape index (κ3) is 5.30. The maximum Gasteiger partial charge on any atom is 0.219 e. The molecule has 0 aliphatic carbocycles. The Morgan fingerprint density at radius 2 is 1.78 bits per heavy atom. The number of amides is 1. The minimum Gasteiger partial charge on any atom is -0.493 e. The Bertz CT molecular complexity index is 1410. The van der Waals surface area contributed by atoms with E-state index < -0.39 is 23.4 Å². The molecule has 37 heavy (non-hydrogen) atoms. The van der Waals surface area contributed by atoms with Gasteiger partial charge < -0.3 is 19.7 Å². The Kier molecular flexibility index (Phi) is 7.51. The number of carbonyl (C=O) groups excluding carboxylic acids is 1. The first kappa shape index (κ1) is 25.8. The van der Waals surface area contributed by atoms with Gasteiger partial charge in [-0.15, -0.1) is 0 Å². The number of hydrogen-bond acceptors (Lipinski definition) is 7. The number of rotatable bonds is 9. The summed E-state index contributed by atoms with van der Waals surface area (Å²) in [6, 6.07) is 5.86. The van der Waals surface area contributed by atoms with Gasteiger partial charge in [0, 0.05) is 55.6 Å². The molecule has 0 fully saturated rings. The van der Waals surface area contributed by atoms with Crippen LogP contribution in [0.5, 0.6) is 11.5 Å². The summed E-state index contributed by atoms with van der Waals surface area (Å²) < 4.78 is 43.1. The highest BCUT2D eigenvalue weighted by molar-refractivity contribution is 5.82. The van der Waals surface area contributed by atoms with Crippen LogP contribution in [0.4, 0.5) is 20.3 Å². The fraction of sp³-hybridized carbons (Fsp3) is 0.308. The van der Waals surface area contributed by atoms with Crippen LogP contribution in [-0.2, 0) is 11.8 Å². The fourth-order valence-electron chi connectivity index (χ4n) is 3.98. The Morgan fingerprint density at radius 1 is 1.08 bits per heavy atom. The summed E-state index contributed by atoms with van der Waals surface area (Å²) in [6.07, 6.45) is 5.55. The number of aryl methyl sites for hydroxylation is 1. The van der Waals surface area contributed by atoms with Gasteiger partial charge in [0.15, 0.2) is 23.1 Å². The van der Waals surface area contributed by atoms with Gasteiger partial charge in [-0.3, -0.25) is 14.5 Å². The van der Waals surface area contributed by atoms with Gasteiger partial charge in [-0.2, -0.15) is 5.10 Å². The van der Waals surface area contributed by atoms with Crippen LogP contribution in [0.15, 0.2) is 42.9 Å². The highest BCUT2D eigenvalue weighted by Crippen LogP contribution is 2.40. The van der Waals surface area contributed by atoms with Crippen LogP contribution in [0.2, 0.25) is 0 Å². The van der Waals surface area contributed by atoms with E-state index in [2.05, 4.69) is 15.4 Å². The number of anilines is 2. The quantitative estimate of drug-likeness (QED) is 0.357. The van der Waals surface area contributed by atoms with Crippen LogP contribution < -0.4 is 19.7 Å². The summed E-state index contributed by atoms with van der Waals surface area (Å²) in [5.41, 5.74) is 2.36. The molecule has 9 nitrogen and oxygen atoms in total. The summed E-state index contributed by atoms with van der Waals surface area (Å²) in [5, 5.41) is 7.02. The third-order valence-corrected chi connectivity index (χ3v) is 5.84. The van der Waals surface area contributed by atoms with Crippen molar-refractivity contribution in [3.63, 3.8) is 0 Å². The lowest BCUT2D eigenvalue weighted by Gasteiger charge is -2.29. The van der Waals surface area contributed by atoms with E-state index in [-0.39, 0.29) is 36.2 Å². The molecule has 4 rings (SSSR count). The molecule has 1 N–H and O–H groups in total. The summed E-state index contributed by atoms with van der Waals surface area (Å²) in [6.45, 7) is 3.49. The second-order valence-electron chi connectivity index (χ2n) is 8.52. The summed E-state index contributed by atoms with van der Waals surface area (Å²) in [5.74, 6) is -2.15. The monoisotopic (exact) mass is 510 g/mol. The van der Waals surface area contributed by atoms with Crippen LogP contribution in [0.25, 0.3) is 22.2 Å². The highest BCUT2D eigenvalue weighted by atomic mass is 19.1. The minimum absolute atomic E-state index is 0.0180. The number of benzene rings is 1. The number of methoxy groups -OCH3 is 2. The summed E-state index contributed by atoms with van der Waals surface area (Å²) >= 11 is 0. The van der Waals surface area contributed by atoms with Crippen molar-refractivity contribution in [1.29, 1.82) is 0 Å². The molecule has 0 aliphatic heterocycles. The number of halogens is 2. The molecule has 0 aliphatic rings. The Hall–Kier alpha value is -4.28. The van der Waals surface area contributed by atoms with Crippen LogP contribution in [-0.4, -0.2) is 52.5 Å². The van der Waals surface area contributed by atoms with E-state index >= 15 is 8.78 Å². The van der Waals surface area contributed by atoms with Crippen molar-refractivity contribution in [2.75, 3.05) is 25.7 Å². The fourth-order valence-corrected chi connectivity index (χ4v) is 3.98. The van der Waals surface area contributed by atoms with Crippen molar-refractivity contribution in [3.05, 3.63) is 54.5 Å².